The Morgan fingerprint density at radius 2 is 2.58 bits per heavy atom. The number of hydrogen-bond donors (Lipinski definition) is 2. The second kappa shape index (κ2) is 5.24. The van der Waals surface area contributed by atoms with Crippen LogP contribution in [0, 0.1) is 0 Å². The van der Waals surface area contributed by atoms with Crippen molar-refractivity contribution in [2.75, 3.05) is 13.1 Å². The normalized spacial score (nSPS) is 13.2. The van der Waals surface area contributed by atoms with Gasteiger partial charge in [0.2, 0.25) is 0 Å². The summed E-state index contributed by atoms with van der Waals surface area (Å²) in [6.45, 7) is 3.32. The molecular formula is C8H14N2OS. The van der Waals surface area contributed by atoms with E-state index < -0.39 is 0 Å². The van der Waals surface area contributed by atoms with Crippen LogP contribution in [0.15, 0.2) is 11.6 Å². The van der Waals surface area contributed by atoms with E-state index in [1.165, 1.54) is 0 Å². The largest absolute Gasteiger partial charge is 0.392 e. The Morgan fingerprint density at radius 1 is 1.75 bits per heavy atom. The molecule has 0 aliphatic rings. The number of nitrogens with one attached hydrogen (secondary N) is 1. The SMILES string of the molecule is CC(O)CNCCc1nccs1. The summed E-state index contributed by atoms with van der Waals surface area (Å²) in [5.74, 6) is 0. The van der Waals surface area contributed by atoms with Crippen LogP contribution in [0.4, 0.5) is 0 Å². The van der Waals surface area contributed by atoms with Gasteiger partial charge < -0.3 is 10.4 Å². The molecule has 0 spiro atoms. The summed E-state index contributed by atoms with van der Waals surface area (Å²) >= 11 is 1.67. The first-order valence-electron chi connectivity index (χ1n) is 4.06. The van der Waals surface area contributed by atoms with Crippen LogP contribution in [-0.2, 0) is 6.42 Å². The van der Waals surface area contributed by atoms with Gasteiger partial charge in [-0.2, -0.15) is 0 Å². The first-order valence-corrected chi connectivity index (χ1v) is 4.94. The van der Waals surface area contributed by atoms with Crippen molar-refractivity contribution in [3.05, 3.63) is 16.6 Å². The van der Waals surface area contributed by atoms with Gasteiger partial charge >= 0.3 is 0 Å². The molecular weight excluding hydrogens is 172 g/mol. The predicted molar refractivity (Wildman–Crippen MR) is 50.4 cm³/mol. The lowest BCUT2D eigenvalue weighted by atomic mass is 10.4. The fraction of sp³-hybridized carbons (Fsp3) is 0.625. The number of rotatable bonds is 5. The van der Waals surface area contributed by atoms with Crippen LogP contribution in [0.25, 0.3) is 0 Å². The molecule has 0 aromatic carbocycles. The molecule has 3 nitrogen and oxygen atoms in total. The van der Waals surface area contributed by atoms with Gasteiger partial charge in [0, 0.05) is 31.1 Å². The Labute approximate surface area is 76.5 Å². The summed E-state index contributed by atoms with van der Waals surface area (Å²) in [6.07, 6.45) is 2.50. The summed E-state index contributed by atoms with van der Waals surface area (Å²) in [7, 11) is 0. The molecule has 0 radical (unpaired) electrons. The topological polar surface area (TPSA) is 45.1 Å². The first-order chi connectivity index (χ1) is 5.79. The van der Waals surface area contributed by atoms with Crippen LogP contribution in [0.3, 0.4) is 0 Å². The summed E-state index contributed by atoms with van der Waals surface area (Å²) in [4.78, 5) is 4.15. The Morgan fingerprint density at radius 3 is 3.17 bits per heavy atom. The Balaban J connectivity index is 2.04. The van der Waals surface area contributed by atoms with Gasteiger partial charge in [0.1, 0.15) is 0 Å². The van der Waals surface area contributed by atoms with Crippen LogP contribution in [0.1, 0.15) is 11.9 Å². The highest BCUT2D eigenvalue weighted by atomic mass is 32.1. The van der Waals surface area contributed by atoms with Crippen molar-refractivity contribution in [1.29, 1.82) is 0 Å². The third kappa shape index (κ3) is 3.80. The van der Waals surface area contributed by atoms with Crippen molar-refractivity contribution in [1.82, 2.24) is 10.3 Å². The quantitative estimate of drug-likeness (QED) is 0.664. The predicted octanol–water partition coefficient (Wildman–Crippen LogP) is 0.656. The van der Waals surface area contributed by atoms with E-state index in [-0.39, 0.29) is 6.10 Å². The van der Waals surface area contributed by atoms with Crippen molar-refractivity contribution in [2.45, 2.75) is 19.4 Å². The molecule has 1 atom stereocenters. The lowest BCUT2D eigenvalue weighted by Gasteiger charge is -2.04. The molecule has 1 heterocycles. The maximum absolute atomic E-state index is 8.93. The Kier molecular flexibility index (Phi) is 4.21. The van der Waals surface area contributed by atoms with Crippen molar-refractivity contribution in [3.8, 4) is 0 Å². The maximum atomic E-state index is 8.93. The van der Waals surface area contributed by atoms with Gasteiger partial charge in [-0.1, -0.05) is 0 Å². The van der Waals surface area contributed by atoms with Crippen molar-refractivity contribution in [3.63, 3.8) is 0 Å². The number of aliphatic hydroxyl groups is 1. The van der Waals surface area contributed by atoms with Crippen LogP contribution >= 0.6 is 11.3 Å². The third-order valence-corrected chi connectivity index (χ3v) is 2.28. The zero-order valence-corrected chi connectivity index (χ0v) is 7.97. The number of hydrogen-bond acceptors (Lipinski definition) is 4. The van der Waals surface area contributed by atoms with Gasteiger partial charge in [-0.15, -0.1) is 11.3 Å². The van der Waals surface area contributed by atoms with Gasteiger partial charge in [-0.25, -0.2) is 4.98 Å². The molecule has 12 heavy (non-hydrogen) atoms. The fourth-order valence-electron chi connectivity index (χ4n) is 0.883. The van der Waals surface area contributed by atoms with E-state index >= 15 is 0 Å². The van der Waals surface area contributed by atoms with Gasteiger partial charge in [0.25, 0.3) is 0 Å². The summed E-state index contributed by atoms with van der Waals surface area (Å²) in [5, 5.41) is 15.2. The van der Waals surface area contributed by atoms with E-state index in [9.17, 15) is 0 Å². The molecule has 1 aromatic heterocycles. The third-order valence-electron chi connectivity index (χ3n) is 1.44. The minimum atomic E-state index is -0.263. The average Bonchev–Trinajstić information content (AvgIpc) is 2.49. The molecule has 1 rings (SSSR count). The molecule has 0 aliphatic heterocycles. The summed E-state index contributed by atoms with van der Waals surface area (Å²) in [5.41, 5.74) is 0. The van der Waals surface area contributed by atoms with E-state index in [4.69, 9.17) is 5.11 Å². The van der Waals surface area contributed by atoms with Gasteiger partial charge in [0.05, 0.1) is 11.1 Å². The van der Waals surface area contributed by atoms with Gasteiger partial charge in [0.15, 0.2) is 0 Å². The summed E-state index contributed by atoms with van der Waals surface area (Å²) in [6, 6.07) is 0. The second-order valence-electron chi connectivity index (χ2n) is 2.73. The van der Waals surface area contributed by atoms with E-state index in [2.05, 4.69) is 10.3 Å². The van der Waals surface area contributed by atoms with E-state index in [1.807, 2.05) is 11.6 Å². The molecule has 4 heteroatoms. The second-order valence-corrected chi connectivity index (χ2v) is 3.71. The Hall–Kier alpha value is -0.450. The highest BCUT2D eigenvalue weighted by molar-refractivity contribution is 7.09. The van der Waals surface area contributed by atoms with Crippen LogP contribution in [0.5, 0.6) is 0 Å². The molecule has 1 unspecified atom stereocenters. The molecule has 2 N–H and O–H groups in total. The maximum Gasteiger partial charge on any atom is 0.0937 e. The summed E-state index contributed by atoms with van der Waals surface area (Å²) < 4.78 is 0. The molecule has 0 fully saturated rings. The zero-order valence-electron chi connectivity index (χ0n) is 7.16. The smallest absolute Gasteiger partial charge is 0.0937 e. The fourth-order valence-corrected chi connectivity index (χ4v) is 1.50. The molecule has 0 amide bonds. The van der Waals surface area contributed by atoms with E-state index in [1.54, 1.807) is 18.3 Å². The number of aromatic nitrogens is 1. The first kappa shape index (κ1) is 9.64. The van der Waals surface area contributed by atoms with Crippen LogP contribution in [0.2, 0.25) is 0 Å². The molecule has 68 valence electrons. The molecule has 0 saturated carbocycles. The number of aliphatic hydroxyl groups excluding tert-OH is 1. The number of thiazole rings is 1. The number of nitrogens with zero attached hydrogens (tertiary/aromatic N) is 1. The zero-order chi connectivity index (χ0) is 8.81. The van der Waals surface area contributed by atoms with Gasteiger partial charge in [-0.05, 0) is 6.92 Å². The van der Waals surface area contributed by atoms with Crippen LogP contribution < -0.4 is 5.32 Å². The van der Waals surface area contributed by atoms with E-state index in [0.717, 1.165) is 18.0 Å². The monoisotopic (exact) mass is 186 g/mol. The molecule has 0 aliphatic carbocycles. The molecule has 0 saturated heterocycles. The van der Waals surface area contributed by atoms with E-state index in [0.29, 0.717) is 6.54 Å². The molecule has 1 aromatic rings. The highest BCUT2D eigenvalue weighted by Crippen LogP contribution is 2.03. The average molecular weight is 186 g/mol. The van der Waals surface area contributed by atoms with Crippen molar-refractivity contribution < 1.29 is 5.11 Å². The highest BCUT2D eigenvalue weighted by Gasteiger charge is 1.96. The lowest BCUT2D eigenvalue weighted by molar-refractivity contribution is 0.191. The molecule has 0 bridgehead atoms. The van der Waals surface area contributed by atoms with Crippen molar-refractivity contribution >= 4 is 11.3 Å². The minimum absolute atomic E-state index is 0.263. The lowest BCUT2D eigenvalue weighted by Crippen LogP contribution is -2.26. The van der Waals surface area contributed by atoms with Gasteiger partial charge in [-0.3, -0.25) is 0 Å². The minimum Gasteiger partial charge on any atom is -0.392 e. The standard InChI is InChI=1S/C8H14N2OS/c1-7(11)6-9-3-2-8-10-4-5-12-8/h4-5,7,9,11H,2-3,6H2,1H3. The Bertz CT molecular complexity index is 199. The van der Waals surface area contributed by atoms with Crippen LogP contribution in [-0.4, -0.2) is 29.3 Å². The van der Waals surface area contributed by atoms with Crippen molar-refractivity contribution in [2.24, 2.45) is 0 Å².